The molecule has 2 heterocycles. The Hall–Kier alpha value is -3.24. The lowest BCUT2D eigenvalue weighted by atomic mass is 9.52. The molecule has 1 aliphatic heterocycles. The van der Waals surface area contributed by atoms with Gasteiger partial charge in [0.1, 0.15) is 5.82 Å². The minimum absolute atomic E-state index is 0.00385. The summed E-state index contributed by atoms with van der Waals surface area (Å²) in [6, 6.07) is 25.3. The number of likely N-dealkylation sites (tertiary alicyclic amines) is 1. The number of aromatic nitrogens is 2. The number of piperidine rings is 1. The molecular formula is C31H31N3O. The Balaban J connectivity index is 1.48. The van der Waals surface area contributed by atoms with E-state index in [0.29, 0.717) is 17.3 Å². The van der Waals surface area contributed by atoms with Gasteiger partial charge in [0.25, 0.3) is 5.56 Å². The number of fused-ring (bicyclic) bond motifs is 2. The maximum absolute atomic E-state index is 13.9. The van der Waals surface area contributed by atoms with Crippen molar-refractivity contribution in [2.45, 2.75) is 50.0 Å². The molecule has 3 aliphatic rings. The largest absolute Gasteiger partial charge is 0.303 e. The highest BCUT2D eigenvalue weighted by atomic mass is 16.1. The third-order valence-electron chi connectivity index (χ3n) is 9.16. The van der Waals surface area contributed by atoms with Crippen LogP contribution >= 0.6 is 0 Å². The predicted molar refractivity (Wildman–Crippen MR) is 141 cm³/mol. The van der Waals surface area contributed by atoms with E-state index in [0.717, 1.165) is 35.7 Å². The van der Waals surface area contributed by atoms with Crippen LogP contribution in [0.25, 0.3) is 28.0 Å². The summed E-state index contributed by atoms with van der Waals surface area (Å²) in [7, 11) is 2.31. The van der Waals surface area contributed by atoms with E-state index in [4.69, 9.17) is 4.98 Å². The Kier molecular flexibility index (Phi) is 4.75. The zero-order valence-electron chi connectivity index (χ0n) is 20.3. The lowest BCUT2D eigenvalue weighted by molar-refractivity contribution is 0.00286. The van der Waals surface area contributed by atoms with Crippen molar-refractivity contribution in [3.63, 3.8) is 0 Å². The van der Waals surface area contributed by atoms with Crippen LogP contribution in [-0.2, 0) is 11.8 Å². The summed E-state index contributed by atoms with van der Waals surface area (Å²) in [5.41, 5.74) is 5.89. The lowest BCUT2D eigenvalue weighted by Crippen LogP contribution is -2.59. The molecule has 176 valence electrons. The fourth-order valence-corrected chi connectivity index (χ4v) is 7.48. The summed E-state index contributed by atoms with van der Waals surface area (Å²) < 4.78 is 1.85. The second-order valence-electron chi connectivity index (χ2n) is 10.8. The first-order valence-corrected chi connectivity index (χ1v) is 13.1. The van der Waals surface area contributed by atoms with Gasteiger partial charge in [0.05, 0.1) is 16.6 Å². The van der Waals surface area contributed by atoms with Crippen molar-refractivity contribution in [1.82, 2.24) is 14.5 Å². The Bertz CT molecular complexity index is 1490. The van der Waals surface area contributed by atoms with Crippen LogP contribution in [0, 0.1) is 5.92 Å². The van der Waals surface area contributed by atoms with Gasteiger partial charge < -0.3 is 4.90 Å². The summed E-state index contributed by atoms with van der Waals surface area (Å²) in [6.45, 7) is 1.16. The molecule has 3 aromatic carbocycles. The van der Waals surface area contributed by atoms with Crippen molar-refractivity contribution < 1.29 is 0 Å². The van der Waals surface area contributed by atoms with Crippen molar-refractivity contribution in [3.05, 3.63) is 94.3 Å². The minimum atomic E-state index is 0.00385. The summed E-state index contributed by atoms with van der Waals surface area (Å²) in [5.74, 6) is 1.43. The molecule has 4 aromatic rings. The number of nitrogens with zero attached hydrogens (tertiary/aromatic N) is 3. The molecule has 0 radical (unpaired) electrons. The Morgan fingerprint density at radius 3 is 2.66 bits per heavy atom. The fraction of sp³-hybridized carbons (Fsp3) is 0.355. The number of hydrogen-bond donors (Lipinski definition) is 0. The van der Waals surface area contributed by atoms with E-state index in [1.165, 1.54) is 43.2 Å². The fourth-order valence-electron chi connectivity index (χ4n) is 7.48. The quantitative estimate of drug-likeness (QED) is 0.382. The monoisotopic (exact) mass is 461 g/mol. The molecule has 1 aromatic heterocycles. The van der Waals surface area contributed by atoms with Crippen LogP contribution in [-0.4, -0.2) is 34.1 Å². The molecule has 3 atom stereocenters. The zero-order chi connectivity index (χ0) is 23.6. The topological polar surface area (TPSA) is 38.1 Å². The van der Waals surface area contributed by atoms with Gasteiger partial charge in [0.15, 0.2) is 0 Å². The first kappa shape index (κ1) is 21.1. The van der Waals surface area contributed by atoms with Crippen molar-refractivity contribution in [2.75, 3.05) is 13.6 Å². The maximum atomic E-state index is 13.9. The van der Waals surface area contributed by atoms with Crippen molar-refractivity contribution >= 4 is 10.9 Å². The van der Waals surface area contributed by atoms with Crippen LogP contribution in [0.4, 0.5) is 0 Å². The molecule has 0 spiro atoms. The third-order valence-corrected chi connectivity index (χ3v) is 9.16. The van der Waals surface area contributed by atoms with Gasteiger partial charge in [-0.05, 0) is 80.6 Å². The predicted octanol–water partition coefficient (Wildman–Crippen LogP) is 5.74. The van der Waals surface area contributed by atoms with Crippen LogP contribution in [0.15, 0.2) is 77.6 Å². The Labute approximate surface area is 206 Å². The molecule has 0 amide bonds. The molecule has 0 N–H and O–H groups in total. The van der Waals surface area contributed by atoms with E-state index in [9.17, 15) is 4.79 Å². The normalized spacial score (nSPS) is 25.7. The zero-order valence-corrected chi connectivity index (χ0v) is 20.3. The van der Waals surface area contributed by atoms with Crippen molar-refractivity contribution in [3.8, 4) is 17.1 Å². The van der Waals surface area contributed by atoms with Crippen molar-refractivity contribution in [2.24, 2.45) is 5.92 Å². The van der Waals surface area contributed by atoms with Gasteiger partial charge in [-0.25, -0.2) is 4.98 Å². The Morgan fingerprint density at radius 1 is 0.943 bits per heavy atom. The van der Waals surface area contributed by atoms with Gasteiger partial charge in [0.2, 0.25) is 0 Å². The maximum Gasteiger partial charge on any atom is 0.266 e. The van der Waals surface area contributed by atoms with Gasteiger partial charge in [-0.15, -0.1) is 0 Å². The standard InChI is InChI=1S/C31H31N3O/c1-33-18-17-31-16-8-7-12-25(31)28(33)19-22-14-15-23(20-26(22)31)34-29(21-9-3-2-4-10-21)32-27-13-6-5-11-24(27)30(34)35/h2-6,9-11,13-15,20,25,28H,7-8,12,16-19H2,1H3/t25?,28-,31-/m0/s1. The molecule has 2 fully saturated rings. The summed E-state index contributed by atoms with van der Waals surface area (Å²) >= 11 is 0. The minimum Gasteiger partial charge on any atom is -0.303 e. The summed E-state index contributed by atoms with van der Waals surface area (Å²) in [5, 5.41) is 0.665. The van der Waals surface area contributed by atoms with Crippen molar-refractivity contribution in [1.29, 1.82) is 0 Å². The van der Waals surface area contributed by atoms with Crippen LogP contribution < -0.4 is 5.56 Å². The average Bonchev–Trinajstić information content (AvgIpc) is 2.91. The van der Waals surface area contributed by atoms with Crippen LogP contribution in [0.5, 0.6) is 0 Å². The highest BCUT2D eigenvalue weighted by molar-refractivity contribution is 5.80. The summed E-state index contributed by atoms with van der Waals surface area (Å²) in [6.07, 6.45) is 7.59. The first-order valence-electron chi connectivity index (χ1n) is 13.1. The van der Waals surface area contributed by atoms with E-state index >= 15 is 0 Å². The van der Waals surface area contributed by atoms with Crippen LogP contribution in [0.1, 0.15) is 43.2 Å². The Morgan fingerprint density at radius 2 is 1.77 bits per heavy atom. The molecular weight excluding hydrogens is 430 g/mol. The van der Waals surface area contributed by atoms with Gasteiger partial charge in [-0.2, -0.15) is 0 Å². The first-order chi connectivity index (χ1) is 17.2. The third kappa shape index (κ3) is 3.09. The average molecular weight is 462 g/mol. The number of para-hydroxylation sites is 1. The number of likely N-dealkylation sites (N-methyl/N-ethyl adjacent to an activating group) is 1. The van der Waals surface area contributed by atoms with E-state index in [1.54, 1.807) is 0 Å². The molecule has 7 rings (SSSR count). The molecule has 1 saturated heterocycles. The second kappa shape index (κ2) is 7.89. The lowest BCUT2D eigenvalue weighted by Gasteiger charge is -2.58. The van der Waals surface area contributed by atoms with E-state index in [1.807, 2.05) is 59.2 Å². The van der Waals surface area contributed by atoms with Gasteiger partial charge in [-0.1, -0.05) is 61.4 Å². The summed E-state index contributed by atoms with van der Waals surface area (Å²) in [4.78, 5) is 21.6. The van der Waals surface area contributed by atoms with Crippen LogP contribution in [0.2, 0.25) is 0 Å². The van der Waals surface area contributed by atoms with Gasteiger partial charge >= 0.3 is 0 Å². The SMILES string of the molecule is CN1CC[C@@]23CCCCC2[C@@H]1Cc1ccc(-n2c(-c4ccccc4)nc4ccccc4c2=O)cc13. The van der Waals surface area contributed by atoms with E-state index in [2.05, 4.69) is 30.1 Å². The molecule has 1 saturated carbocycles. The number of hydrogen-bond acceptors (Lipinski definition) is 3. The highest BCUT2D eigenvalue weighted by Crippen LogP contribution is 2.55. The molecule has 2 aliphatic carbocycles. The smallest absolute Gasteiger partial charge is 0.266 e. The molecule has 2 bridgehead atoms. The van der Waals surface area contributed by atoms with Crippen LogP contribution in [0.3, 0.4) is 0 Å². The molecule has 1 unspecified atom stereocenters. The molecule has 35 heavy (non-hydrogen) atoms. The molecule has 4 nitrogen and oxygen atoms in total. The highest BCUT2D eigenvalue weighted by Gasteiger charge is 2.53. The number of benzene rings is 3. The van der Waals surface area contributed by atoms with Gasteiger partial charge in [0, 0.05) is 17.0 Å². The second-order valence-corrected chi connectivity index (χ2v) is 10.8. The molecule has 4 heteroatoms. The van der Waals surface area contributed by atoms with Gasteiger partial charge in [-0.3, -0.25) is 9.36 Å². The number of rotatable bonds is 2. The van der Waals surface area contributed by atoms with E-state index in [-0.39, 0.29) is 11.0 Å². The van der Waals surface area contributed by atoms with E-state index < -0.39 is 0 Å².